The number of nitrogens with one attached hydrogen (secondary N) is 3. The molecule has 0 aliphatic carbocycles. The highest BCUT2D eigenvalue weighted by Gasteiger charge is 2.19. The molecule has 24 heavy (non-hydrogen) atoms. The summed E-state index contributed by atoms with van der Waals surface area (Å²) in [6.45, 7) is 1.03. The molecular weight excluding hydrogens is 310 g/mol. The number of carbonyl (C=O) groups excluding carboxylic acids is 1. The molecule has 2 aromatic rings. The Morgan fingerprint density at radius 3 is 2.25 bits per heavy atom. The summed E-state index contributed by atoms with van der Waals surface area (Å²) in [6.07, 6.45) is 2.46. The Morgan fingerprint density at radius 1 is 0.917 bits per heavy atom. The van der Waals surface area contributed by atoms with Crippen molar-refractivity contribution in [3.63, 3.8) is 0 Å². The Hall–Kier alpha value is -2.67. The summed E-state index contributed by atoms with van der Waals surface area (Å²) in [5.41, 5.74) is 2.30. The summed E-state index contributed by atoms with van der Waals surface area (Å²) in [5, 5.41) is 14.4. The average Bonchev–Trinajstić information content (AvgIpc) is 2.62. The van der Waals surface area contributed by atoms with Crippen molar-refractivity contribution in [1.82, 2.24) is 5.48 Å². The Bertz CT molecular complexity index is 736. The summed E-state index contributed by atoms with van der Waals surface area (Å²) in [4.78, 5) is 34.1. The average molecular weight is 331 g/mol. The Morgan fingerprint density at radius 2 is 1.58 bits per heavy atom. The van der Waals surface area contributed by atoms with Gasteiger partial charge < -0.3 is 10.6 Å². The summed E-state index contributed by atoms with van der Waals surface area (Å²) in [5.74, 6) is -0.405. The fourth-order valence-corrected chi connectivity index (χ4v) is 2.37. The van der Waals surface area contributed by atoms with Gasteiger partial charge in [0.05, 0.1) is 0 Å². The zero-order chi connectivity index (χ0) is 17.4. The molecule has 0 bridgehead atoms. The first kappa shape index (κ1) is 17.7. The van der Waals surface area contributed by atoms with E-state index >= 15 is 0 Å². The lowest BCUT2D eigenvalue weighted by atomic mass is 10.1. The van der Waals surface area contributed by atoms with Crippen LogP contribution in [0.3, 0.4) is 0 Å². The Kier molecular flexibility index (Phi) is 6.51. The van der Waals surface area contributed by atoms with Crippen LogP contribution < -0.4 is 27.0 Å². The molecule has 2 aromatic carbocycles. The van der Waals surface area contributed by atoms with Crippen molar-refractivity contribution in [2.75, 3.05) is 17.2 Å². The van der Waals surface area contributed by atoms with Crippen LogP contribution in [-0.4, -0.2) is 17.7 Å². The standard InChI is InChI=1S/C17H21N3O4/c21-13(20-24)9-5-2-6-10-18-14-15(17(23)16(14)22)19-11-12-7-3-1-4-8-12/h1,3-4,7-8,18-19,24H,2,5-6,9-11H2,(H,20,21). The van der Waals surface area contributed by atoms with Gasteiger partial charge in [-0.25, -0.2) is 5.48 Å². The van der Waals surface area contributed by atoms with Gasteiger partial charge in [0.25, 0.3) is 10.9 Å². The Balaban J connectivity index is 1.75. The molecule has 0 radical (unpaired) electrons. The van der Waals surface area contributed by atoms with E-state index in [0.29, 0.717) is 30.9 Å². The predicted octanol–water partition coefficient (Wildman–Crippen LogP) is 1.37. The molecule has 1 amide bonds. The summed E-state index contributed by atoms with van der Waals surface area (Å²) in [7, 11) is 0. The monoisotopic (exact) mass is 331 g/mol. The van der Waals surface area contributed by atoms with Crippen LogP contribution >= 0.6 is 0 Å². The zero-order valence-corrected chi connectivity index (χ0v) is 13.3. The SMILES string of the molecule is O=C(CCCCCNc1c(NCc2ccccc2)c(=O)c1=O)NO. The third-order valence-electron chi connectivity index (χ3n) is 3.73. The minimum Gasteiger partial charge on any atom is -0.380 e. The third kappa shape index (κ3) is 4.66. The van der Waals surface area contributed by atoms with E-state index in [4.69, 9.17) is 5.21 Å². The number of hydrogen-bond donors (Lipinski definition) is 4. The van der Waals surface area contributed by atoms with Gasteiger partial charge in [-0.3, -0.25) is 19.6 Å². The highest BCUT2D eigenvalue weighted by Crippen LogP contribution is 2.16. The maximum atomic E-state index is 11.7. The highest BCUT2D eigenvalue weighted by atomic mass is 16.5. The van der Waals surface area contributed by atoms with Gasteiger partial charge in [0.15, 0.2) is 0 Å². The highest BCUT2D eigenvalue weighted by molar-refractivity contribution is 5.74. The van der Waals surface area contributed by atoms with Gasteiger partial charge in [0.1, 0.15) is 11.4 Å². The molecule has 0 fully saturated rings. The van der Waals surface area contributed by atoms with Gasteiger partial charge in [-0.2, -0.15) is 0 Å². The lowest BCUT2D eigenvalue weighted by Crippen LogP contribution is -2.37. The van der Waals surface area contributed by atoms with Crippen LogP contribution in [0.5, 0.6) is 0 Å². The van der Waals surface area contributed by atoms with Crippen molar-refractivity contribution in [3.05, 3.63) is 56.3 Å². The molecule has 7 nitrogen and oxygen atoms in total. The predicted molar refractivity (Wildman–Crippen MR) is 92.0 cm³/mol. The quantitative estimate of drug-likeness (QED) is 0.227. The first-order valence-corrected chi connectivity index (χ1v) is 7.91. The number of benzene rings is 1. The lowest BCUT2D eigenvalue weighted by molar-refractivity contribution is -0.129. The molecular formula is C17H21N3O4. The first-order chi connectivity index (χ1) is 11.6. The molecule has 0 unspecified atom stereocenters. The largest absolute Gasteiger partial charge is 0.380 e. The smallest absolute Gasteiger partial charge is 0.253 e. The van der Waals surface area contributed by atoms with Crippen LogP contribution in [0.25, 0.3) is 0 Å². The molecule has 0 atom stereocenters. The summed E-state index contributed by atoms with van der Waals surface area (Å²) >= 11 is 0. The third-order valence-corrected chi connectivity index (χ3v) is 3.73. The summed E-state index contributed by atoms with van der Waals surface area (Å²) < 4.78 is 0. The Labute approximate surface area is 139 Å². The molecule has 0 saturated carbocycles. The van der Waals surface area contributed by atoms with E-state index in [1.165, 1.54) is 0 Å². The zero-order valence-electron chi connectivity index (χ0n) is 13.3. The van der Waals surface area contributed by atoms with E-state index < -0.39 is 16.8 Å². The topological polar surface area (TPSA) is 108 Å². The van der Waals surface area contributed by atoms with Crippen molar-refractivity contribution in [2.24, 2.45) is 0 Å². The number of hydroxylamine groups is 1. The van der Waals surface area contributed by atoms with Gasteiger partial charge in [0.2, 0.25) is 5.91 Å². The molecule has 2 rings (SSSR count). The van der Waals surface area contributed by atoms with E-state index in [2.05, 4.69) is 10.6 Å². The van der Waals surface area contributed by atoms with E-state index in [9.17, 15) is 14.4 Å². The minimum atomic E-state index is -0.495. The van der Waals surface area contributed by atoms with Crippen molar-refractivity contribution >= 4 is 17.3 Å². The second kappa shape index (κ2) is 8.83. The van der Waals surface area contributed by atoms with Crippen LogP contribution in [0, 0.1) is 0 Å². The molecule has 0 saturated heterocycles. The number of unbranched alkanes of at least 4 members (excludes halogenated alkanes) is 2. The number of hydrogen-bond acceptors (Lipinski definition) is 6. The van der Waals surface area contributed by atoms with Crippen LogP contribution in [-0.2, 0) is 11.3 Å². The van der Waals surface area contributed by atoms with E-state index in [1.807, 2.05) is 30.3 Å². The molecule has 0 aromatic heterocycles. The van der Waals surface area contributed by atoms with Gasteiger partial charge in [-0.05, 0) is 18.4 Å². The second-order valence-electron chi connectivity index (χ2n) is 5.52. The van der Waals surface area contributed by atoms with Crippen molar-refractivity contribution in [1.29, 1.82) is 0 Å². The number of anilines is 2. The van der Waals surface area contributed by atoms with Crippen molar-refractivity contribution < 1.29 is 10.0 Å². The van der Waals surface area contributed by atoms with E-state index in [-0.39, 0.29) is 6.42 Å². The van der Waals surface area contributed by atoms with Crippen LogP contribution in [0.15, 0.2) is 39.9 Å². The second-order valence-corrected chi connectivity index (χ2v) is 5.52. The number of amides is 1. The molecule has 7 heteroatoms. The van der Waals surface area contributed by atoms with Crippen LogP contribution in [0.4, 0.5) is 11.4 Å². The van der Waals surface area contributed by atoms with E-state index in [1.54, 1.807) is 5.48 Å². The molecule has 0 aliphatic heterocycles. The molecule has 0 heterocycles. The van der Waals surface area contributed by atoms with Crippen molar-refractivity contribution in [3.8, 4) is 0 Å². The number of carbonyl (C=O) groups is 1. The molecule has 0 spiro atoms. The molecule has 4 N–H and O–H groups in total. The van der Waals surface area contributed by atoms with Crippen LogP contribution in [0.2, 0.25) is 0 Å². The maximum absolute atomic E-state index is 11.7. The molecule has 0 aliphatic rings. The van der Waals surface area contributed by atoms with Gasteiger partial charge in [-0.1, -0.05) is 36.8 Å². The lowest BCUT2D eigenvalue weighted by Gasteiger charge is -2.14. The summed E-state index contributed by atoms with van der Waals surface area (Å²) in [6, 6.07) is 9.62. The molecule has 128 valence electrons. The van der Waals surface area contributed by atoms with Gasteiger partial charge in [-0.15, -0.1) is 0 Å². The fourth-order valence-electron chi connectivity index (χ4n) is 2.37. The minimum absolute atomic E-state index is 0.264. The van der Waals surface area contributed by atoms with Gasteiger partial charge in [0, 0.05) is 19.5 Å². The van der Waals surface area contributed by atoms with Crippen molar-refractivity contribution in [2.45, 2.75) is 32.2 Å². The normalized spacial score (nSPS) is 10.5. The van der Waals surface area contributed by atoms with E-state index in [0.717, 1.165) is 18.4 Å². The first-order valence-electron chi connectivity index (χ1n) is 7.91. The fraction of sp³-hybridized carbons (Fsp3) is 0.353. The maximum Gasteiger partial charge on any atom is 0.253 e. The number of rotatable bonds is 10. The van der Waals surface area contributed by atoms with Crippen LogP contribution in [0.1, 0.15) is 31.2 Å². The van der Waals surface area contributed by atoms with Gasteiger partial charge >= 0.3 is 0 Å².